The number of rotatable bonds is 8. The van der Waals surface area contributed by atoms with Gasteiger partial charge in [-0.25, -0.2) is 0 Å². The zero-order chi connectivity index (χ0) is 23.8. The van der Waals surface area contributed by atoms with Gasteiger partial charge in [-0.05, 0) is 38.0 Å². The van der Waals surface area contributed by atoms with Gasteiger partial charge in [-0.2, -0.15) is 0 Å². The molecule has 0 bridgehead atoms. The summed E-state index contributed by atoms with van der Waals surface area (Å²) in [4.78, 5) is 13.7. The second-order valence-corrected chi connectivity index (χ2v) is 8.84. The van der Waals surface area contributed by atoms with E-state index in [4.69, 9.17) is 19.1 Å². The van der Waals surface area contributed by atoms with Gasteiger partial charge in [-0.1, -0.05) is 19.1 Å². The van der Waals surface area contributed by atoms with Gasteiger partial charge in [-0.3, -0.25) is 15.5 Å². The quantitative estimate of drug-likeness (QED) is 0.381. The van der Waals surface area contributed by atoms with Gasteiger partial charge in [0.25, 0.3) is 0 Å². The number of ether oxygens (including phenoxy) is 2. The first-order valence-electron chi connectivity index (χ1n) is 11.0. The van der Waals surface area contributed by atoms with Crippen molar-refractivity contribution in [3.05, 3.63) is 63.0 Å². The molecule has 0 fully saturated rings. The lowest BCUT2D eigenvalue weighted by Gasteiger charge is -2.24. The fourth-order valence-electron chi connectivity index (χ4n) is 4.06. The molecule has 1 atom stereocenters. The van der Waals surface area contributed by atoms with Crippen molar-refractivity contribution in [1.29, 1.82) is 0 Å². The molecule has 2 aromatic carbocycles. The van der Waals surface area contributed by atoms with Crippen molar-refractivity contribution in [1.82, 2.24) is 0 Å². The van der Waals surface area contributed by atoms with Gasteiger partial charge in [0, 0.05) is 30.0 Å². The third kappa shape index (κ3) is 4.42. The Bertz CT molecular complexity index is 1210. The van der Waals surface area contributed by atoms with E-state index in [2.05, 4.69) is 5.48 Å². The molecule has 8 heteroatoms. The van der Waals surface area contributed by atoms with Gasteiger partial charge in [0.05, 0.1) is 17.9 Å². The Balaban J connectivity index is 1.88. The van der Waals surface area contributed by atoms with Crippen molar-refractivity contribution in [2.24, 2.45) is 0 Å². The van der Waals surface area contributed by atoms with E-state index in [1.165, 1.54) is 0 Å². The Labute approximate surface area is 191 Å². The maximum atomic E-state index is 13.7. The summed E-state index contributed by atoms with van der Waals surface area (Å²) < 4.78 is 18.0. The second kappa shape index (κ2) is 9.05. The van der Waals surface area contributed by atoms with Crippen LogP contribution in [0, 0.1) is 0 Å². The molecular weight excluding hydrogens is 426 g/mol. The number of aliphatic hydroxyl groups excluding tert-OH is 1. The van der Waals surface area contributed by atoms with Crippen LogP contribution in [0.5, 0.6) is 11.5 Å². The number of hydrogen-bond donors (Lipinski definition) is 4. The lowest BCUT2D eigenvalue weighted by Crippen LogP contribution is -2.39. The molecule has 0 radical (unpaired) electrons. The van der Waals surface area contributed by atoms with Gasteiger partial charge >= 0.3 is 0 Å². The number of anilines is 1. The van der Waals surface area contributed by atoms with Crippen molar-refractivity contribution < 1.29 is 29.3 Å². The van der Waals surface area contributed by atoms with Crippen molar-refractivity contribution >= 4 is 16.7 Å². The number of benzene rings is 2. The number of nitrogens with one attached hydrogen (secondary N) is 1. The smallest absolute Gasteiger partial charge is 0.200 e. The summed E-state index contributed by atoms with van der Waals surface area (Å²) >= 11 is 0. The standard InChI is InChI=1S/C25H29NO7/c1-4-9-31-24-17-11-21(25(2,3)29)33-18(17)12-19-22(24)23(28)16(20(13-27)32-19)10-14-5-7-15(26-30)8-6-14/h5-8,12,21,26-27,29-30H,4,9-11,13H2,1-3H3. The molecule has 176 valence electrons. The highest BCUT2D eigenvalue weighted by Crippen LogP contribution is 2.43. The predicted molar refractivity (Wildman–Crippen MR) is 123 cm³/mol. The van der Waals surface area contributed by atoms with E-state index in [1.807, 2.05) is 6.92 Å². The normalized spacial score (nSPS) is 15.4. The van der Waals surface area contributed by atoms with Crippen molar-refractivity contribution in [3.63, 3.8) is 0 Å². The highest BCUT2D eigenvalue weighted by Gasteiger charge is 2.38. The molecule has 1 aliphatic heterocycles. The molecule has 0 spiro atoms. The molecule has 33 heavy (non-hydrogen) atoms. The van der Waals surface area contributed by atoms with Crippen LogP contribution in [-0.2, 0) is 19.4 Å². The molecule has 0 amide bonds. The van der Waals surface area contributed by atoms with Crippen molar-refractivity contribution in [3.8, 4) is 11.5 Å². The number of fused-ring (bicyclic) bond motifs is 2. The van der Waals surface area contributed by atoms with E-state index in [9.17, 15) is 15.0 Å². The average Bonchev–Trinajstić information content (AvgIpc) is 3.23. The molecule has 1 aliphatic rings. The third-order valence-electron chi connectivity index (χ3n) is 5.88. The number of hydrogen-bond acceptors (Lipinski definition) is 8. The largest absolute Gasteiger partial charge is 0.492 e. The van der Waals surface area contributed by atoms with Gasteiger partial charge in [-0.15, -0.1) is 0 Å². The fraction of sp³-hybridized carbons (Fsp3) is 0.400. The molecule has 0 aliphatic carbocycles. The minimum atomic E-state index is -1.08. The minimum Gasteiger partial charge on any atom is -0.492 e. The summed E-state index contributed by atoms with van der Waals surface area (Å²) in [5.74, 6) is 1.10. The molecule has 2 heterocycles. The predicted octanol–water partition coefficient (Wildman–Crippen LogP) is 3.54. The Morgan fingerprint density at radius 2 is 1.97 bits per heavy atom. The van der Waals surface area contributed by atoms with Crippen LogP contribution >= 0.6 is 0 Å². The Hall–Kier alpha value is -3.07. The SMILES string of the molecule is CCCOc1c2c(cc3oc(CO)c(Cc4ccc(NO)cc4)c(=O)c13)OC(C(C)(C)O)C2. The molecule has 1 unspecified atom stereocenters. The van der Waals surface area contributed by atoms with Crippen LogP contribution in [0.4, 0.5) is 5.69 Å². The average molecular weight is 456 g/mol. The number of aliphatic hydroxyl groups is 2. The van der Waals surface area contributed by atoms with Crippen LogP contribution in [0.25, 0.3) is 11.0 Å². The zero-order valence-corrected chi connectivity index (χ0v) is 19.0. The Kier molecular flexibility index (Phi) is 6.34. The van der Waals surface area contributed by atoms with Gasteiger partial charge in [0.1, 0.15) is 40.9 Å². The van der Waals surface area contributed by atoms with Gasteiger partial charge < -0.3 is 24.1 Å². The summed E-state index contributed by atoms with van der Waals surface area (Å²) in [5.41, 5.74) is 3.41. The van der Waals surface area contributed by atoms with E-state index in [0.29, 0.717) is 41.2 Å². The van der Waals surface area contributed by atoms with E-state index >= 15 is 0 Å². The molecule has 0 saturated heterocycles. The van der Waals surface area contributed by atoms with Crippen LogP contribution in [0.15, 0.2) is 39.5 Å². The Morgan fingerprint density at radius 1 is 1.24 bits per heavy atom. The zero-order valence-electron chi connectivity index (χ0n) is 19.0. The van der Waals surface area contributed by atoms with Crippen LogP contribution in [0.3, 0.4) is 0 Å². The lowest BCUT2D eigenvalue weighted by atomic mass is 9.95. The maximum absolute atomic E-state index is 13.7. The summed E-state index contributed by atoms with van der Waals surface area (Å²) in [6, 6.07) is 8.58. The third-order valence-corrected chi connectivity index (χ3v) is 5.88. The van der Waals surface area contributed by atoms with Crippen LogP contribution in [0.1, 0.15) is 49.6 Å². The summed E-state index contributed by atoms with van der Waals surface area (Å²) in [6.45, 7) is 5.30. The molecule has 3 aromatic rings. The molecule has 4 N–H and O–H groups in total. The highest BCUT2D eigenvalue weighted by molar-refractivity contribution is 5.88. The molecule has 1 aromatic heterocycles. The van der Waals surface area contributed by atoms with Crippen molar-refractivity contribution in [2.75, 3.05) is 12.1 Å². The molecular formula is C25H29NO7. The molecule has 4 rings (SSSR count). The molecule has 8 nitrogen and oxygen atoms in total. The highest BCUT2D eigenvalue weighted by atomic mass is 16.5. The van der Waals surface area contributed by atoms with Crippen LogP contribution in [-0.4, -0.2) is 33.7 Å². The van der Waals surface area contributed by atoms with Gasteiger partial charge in [0.15, 0.2) is 5.43 Å². The first kappa shape index (κ1) is 23.1. The van der Waals surface area contributed by atoms with Crippen LogP contribution < -0.4 is 20.4 Å². The summed E-state index contributed by atoms with van der Waals surface area (Å²) in [6.07, 6.45) is 0.908. The summed E-state index contributed by atoms with van der Waals surface area (Å²) in [7, 11) is 0. The maximum Gasteiger partial charge on any atom is 0.200 e. The second-order valence-electron chi connectivity index (χ2n) is 8.84. The van der Waals surface area contributed by atoms with E-state index in [1.54, 1.807) is 44.2 Å². The fourth-order valence-corrected chi connectivity index (χ4v) is 4.06. The molecule has 0 saturated carbocycles. The van der Waals surface area contributed by atoms with E-state index in [0.717, 1.165) is 17.5 Å². The van der Waals surface area contributed by atoms with Crippen LogP contribution in [0.2, 0.25) is 0 Å². The van der Waals surface area contributed by atoms with Crippen molar-refractivity contribution in [2.45, 2.75) is 58.3 Å². The first-order chi connectivity index (χ1) is 15.8. The summed E-state index contributed by atoms with van der Waals surface area (Å²) in [5, 5.41) is 29.7. The monoisotopic (exact) mass is 455 g/mol. The lowest BCUT2D eigenvalue weighted by molar-refractivity contribution is -0.0229. The minimum absolute atomic E-state index is 0.176. The topological polar surface area (TPSA) is 121 Å². The van der Waals surface area contributed by atoms with E-state index < -0.39 is 18.3 Å². The van der Waals surface area contributed by atoms with Gasteiger partial charge in [0.2, 0.25) is 0 Å². The Morgan fingerprint density at radius 3 is 2.58 bits per heavy atom. The van der Waals surface area contributed by atoms with E-state index in [-0.39, 0.29) is 23.2 Å². The first-order valence-corrected chi connectivity index (χ1v) is 11.0.